The number of para-hydroxylation sites is 2. The number of aromatic nitrogens is 2. The molecule has 1 aliphatic rings. The van der Waals surface area contributed by atoms with Crippen molar-refractivity contribution in [2.75, 3.05) is 13.1 Å². The Balaban J connectivity index is 1.51. The van der Waals surface area contributed by atoms with Crippen molar-refractivity contribution in [3.05, 3.63) is 65.5 Å². The van der Waals surface area contributed by atoms with Crippen LogP contribution in [0.5, 0.6) is 0 Å². The summed E-state index contributed by atoms with van der Waals surface area (Å²) in [5, 5.41) is 0. The number of ether oxygens (including phenoxy) is 2. The maximum atomic E-state index is 13.1. The summed E-state index contributed by atoms with van der Waals surface area (Å²) in [6.07, 6.45) is -0.402. The van der Waals surface area contributed by atoms with E-state index in [2.05, 4.69) is 9.97 Å². The van der Waals surface area contributed by atoms with E-state index >= 15 is 0 Å². The molecule has 2 atom stereocenters. The van der Waals surface area contributed by atoms with Crippen molar-refractivity contribution in [1.82, 2.24) is 14.3 Å². The van der Waals surface area contributed by atoms with Gasteiger partial charge in [0, 0.05) is 13.1 Å². The molecule has 8 nitrogen and oxygen atoms in total. The Kier molecular flexibility index (Phi) is 6.23. The highest BCUT2D eigenvalue weighted by atomic mass is 32.2. The average Bonchev–Trinajstić information content (AvgIpc) is 2.77. The van der Waals surface area contributed by atoms with Crippen LogP contribution in [0.1, 0.15) is 35.6 Å². The summed E-state index contributed by atoms with van der Waals surface area (Å²) in [4.78, 5) is 21.7. The van der Waals surface area contributed by atoms with Gasteiger partial charge in [0.05, 0.1) is 45.1 Å². The third kappa shape index (κ3) is 4.64. The summed E-state index contributed by atoms with van der Waals surface area (Å²) in [5.74, 6) is -0.625. The summed E-state index contributed by atoms with van der Waals surface area (Å²) < 4.78 is 38.6. The van der Waals surface area contributed by atoms with E-state index < -0.39 is 16.0 Å². The van der Waals surface area contributed by atoms with Crippen molar-refractivity contribution in [2.45, 2.75) is 44.5 Å². The van der Waals surface area contributed by atoms with Gasteiger partial charge in [-0.2, -0.15) is 4.31 Å². The molecule has 168 valence electrons. The fourth-order valence-electron chi connectivity index (χ4n) is 3.74. The van der Waals surface area contributed by atoms with Crippen LogP contribution >= 0.6 is 0 Å². The van der Waals surface area contributed by atoms with E-state index in [1.165, 1.54) is 28.6 Å². The molecule has 0 radical (unpaired) electrons. The number of aryl methyl sites for hydroxylation is 1. The molecule has 0 amide bonds. The molecule has 2 heterocycles. The first kappa shape index (κ1) is 22.3. The Bertz CT molecular complexity index is 1250. The Morgan fingerprint density at radius 3 is 2.41 bits per heavy atom. The summed E-state index contributed by atoms with van der Waals surface area (Å²) >= 11 is 0. The molecule has 3 aromatic rings. The topological polar surface area (TPSA) is 98.7 Å². The van der Waals surface area contributed by atoms with E-state index in [1.807, 2.05) is 38.1 Å². The van der Waals surface area contributed by atoms with Crippen LogP contribution in [0.15, 0.2) is 53.4 Å². The number of rotatable bonds is 5. The van der Waals surface area contributed by atoms with Gasteiger partial charge in [0.1, 0.15) is 6.61 Å². The number of carbonyl (C=O) groups excluding carboxylic acids is 1. The second-order valence-corrected chi connectivity index (χ2v) is 9.87. The van der Waals surface area contributed by atoms with Crippen LogP contribution in [0, 0.1) is 6.92 Å². The quantitative estimate of drug-likeness (QED) is 0.545. The number of hydrogen-bond acceptors (Lipinski definition) is 7. The van der Waals surface area contributed by atoms with Gasteiger partial charge in [-0.1, -0.05) is 18.2 Å². The second-order valence-electron chi connectivity index (χ2n) is 7.93. The zero-order chi connectivity index (χ0) is 22.9. The number of carbonyl (C=O) groups is 1. The average molecular weight is 456 g/mol. The molecule has 0 unspecified atom stereocenters. The minimum absolute atomic E-state index is 0.0509. The van der Waals surface area contributed by atoms with Gasteiger partial charge >= 0.3 is 5.97 Å². The predicted molar refractivity (Wildman–Crippen MR) is 119 cm³/mol. The van der Waals surface area contributed by atoms with E-state index in [0.717, 1.165) is 5.52 Å². The van der Waals surface area contributed by atoms with Crippen LogP contribution in [0.4, 0.5) is 0 Å². The number of morpholine rings is 1. The van der Waals surface area contributed by atoms with Gasteiger partial charge in [-0.25, -0.2) is 23.2 Å². The zero-order valence-electron chi connectivity index (χ0n) is 18.2. The van der Waals surface area contributed by atoms with Crippen molar-refractivity contribution in [3.63, 3.8) is 0 Å². The van der Waals surface area contributed by atoms with Gasteiger partial charge < -0.3 is 9.47 Å². The maximum Gasteiger partial charge on any atom is 0.338 e. The molecule has 2 aromatic carbocycles. The first-order chi connectivity index (χ1) is 15.2. The fourth-order valence-corrected chi connectivity index (χ4v) is 5.38. The molecule has 0 aliphatic carbocycles. The maximum absolute atomic E-state index is 13.1. The van der Waals surface area contributed by atoms with Gasteiger partial charge in [-0.3, -0.25) is 0 Å². The first-order valence-corrected chi connectivity index (χ1v) is 11.8. The summed E-state index contributed by atoms with van der Waals surface area (Å²) in [7, 11) is -3.76. The number of nitrogens with zero attached hydrogens (tertiary/aromatic N) is 3. The molecule has 0 saturated carbocycles. The highest BCUT2D eigenvalue weighted by Gasteiger charge is 2.32. The highest BCUT2D eigenvalue weighted by molar-refractivity contribution is 7.89. The third-order valence-electron chi connectivity index (χ3n) is 5.28. The Hall–Kier alpha value is -2.88. The number of hydrogen-bond donors (Lipinski definition) is 0. The fraction of sp³-hybridized carbons (Fsp3) is 0.348. The molecule has 1 saturated heterocycles. The van der Waals surface area contributed by atoms with Crippen LogP contribution in [-0.2, 0) is 26.1 Å². The normalized spacial score (nSPS) is 19.7. The van der Waals surface area contributed by atoms with Crippen molar-refractivity contribution in [2.24, 2.45) is 0 Å². The first-order valence-electron chi connectivity index (χ1n) is 10.4. The Labute approximate surface area is 187 Å². The molecular weight excluding hydrogens is 430 g/mol. The van der Waals surface area contributed by atoms with E-state index in [9.17, 15) is 13.2 Å². The van der Waals surface area contributed by atoms with Crippen LogP contribution in [0.25, 0.3) is 11.0 Å². The third-order valence-corrected chi connectivity index (χ3v) is 7.10. The lowest BCUT2D eigenvalue weighted by atomic mass is 10.2. The molecule has 32 heavy (non-hydrogen) atoms. The Morgan fingerprint density at radius 1 is 1.06 bits per heavy atom. The predicted octanol–water partition coefficient (Wildman–Crippen LogP) is 3.09. The van der Waals surface area contributed by atoms with E-state index in [0.29, 0.717) is 16.9 Å². The zero-order valence-corrected chi connectivity index (χ0v) is 19.0. The van der Waals surface area contributed by atoms with Gasteiger partial charge in [-0.05, 0) is 51.1 Å². The minimum atomic E-state index is -3.76. The second kappa shape index (κ2) is 8.93. The van der Waals surface area contributed by atoms with Crippen LogP contribution in [-0.4, -0.2) is 54.0 Å². The van der Waals surface area contributed by atoms with Gasteiger partial charge in [0.25, 0.3) is 0 Å². The number of benzene rings is 2. The largest absolute Gasteiger partial charge is 0.456 e. The van der Waals surface area contributed by atoms with Gasteiger partial charge in [0.15, 0.2) is 0 Å². The van der Waals surface area contributed by atoms with Crippen LogP contribution in [0.2, 0.25) is 0 Å². The molecule has 1 aliphatic heterocycles. The summed E-state index contributed by atoms with van der Waals surface area (Å²) in [6.45, 7) is 5.95. The summed E-state index contributed by atoms with van der Waals surface area (Å²) in [5.41, 5.74) is 2.86. The highest BCUT2D eigenvalue weighted by Crippen LogP contribution is 2.22. The van der Waals surface area contributed by atoms with Crippen molar-refractivity contribution >= 4 is 27.0 Å². The number of esters is 1. The summed E-state index contributed by atoms with van der Waals surface area (Å²) in [6, 6.07) is 13.4. The molecule has 9 heteroatoms. The van der Waals surface area contributed by atoms with Crippen LogP contribution < -0.4 is 0 Å². The van der Waals surface area contributed by atoms with Crippen molar-refractivity contribution in [1.29, 1.82) is 0 Å². The lowest BCUT2D eigenvalue weighted by molar-refractivity contribution is -0.0440. The van der Waals surface area contributed by atoms with E-state index in [1.54, 1.807) is 6.92 Å². The van der Waals surface area contributed by atoms with Gasteiger partial charge in [-0.15, -0.1) is 0 Å². The lowest BCUT2D eigenvalue weighted by Gasteiger charge is -2.34. The molecule has 0 N–H and O–H groups in total. The monoisotopic (exact) mass is 455 g/mol. The van der Waals surface area contributed by atoms with Gasteiger partial charge in [0.2, 0.25) is 10.0 Å². The molecule has 1 fully saturated rings. The van der Waals surface area contributed by atoms with Crippen molar-refractivity contribution in [3.8, 4) is 0 Å². The molecule has 1 aromatic heterocycles. The molecule has 0 spiro atoms. The standard InChI is InChI=1S/C23H25N3O5S/c1-15-12-26(13-16(2)31-15)32(28,29)19-8-6-7-18(11-19)23(27)30-14-22-17(3)24-20-9-4-5-10-21(20)25-22/h4-11,15-16H,12-14H2,1-3H3/t15-,16-/m0/s1. The molecule has 0 bridgehead atoms. The number of sulfonamides is 1. The lowest BCUT2D eigenvalue weighted by Crippen LogP contribution is -2.48. The minimum Gasteiger partial charge on any atom is -0.456 e. The smallest absolute Gasteiger partial charge is 0.338 e. The van der Waals surface area contributed by atoms with Crippen LogP contribution in [0.3, 0.4) is 0 Å². The van der Waals surface area contributed by atoms with E-state index in [-0.39, 0.29) is 42.4 Å². The molecule has 4 rings (SSSR count). The number of fused-ring (bicyclic) bond motifs is 1. The Morgan fingerprint density at radius 2 is 1.72 bits per heavy atom. The van der Waals surface area contributed by atoms with E-state index in [4.69, 9.17) is 9.47 Å². The SMILES string of the molecule is Cc1nc2ccccc2nc1COC(=O)c1cccc(S(=O)(=O)N2C[C@H](C)O[C@@H](C)C2)c1. The van der Waals surface area contributed by atoms with Crippen molar-refractivity contribution < 1.29 is 22.7 Å². The molecular formula is C23H25N3O5S.